The van der Waals surface area contributed by atoms with Gasteiger partial charge in [-0.15, -0.1) is 0 Å². The molecule has 6 nitrogen and oxygen atoms in total. The van der Waals surface area contributed by atoms with Crippen LogP contribution in [0.3, 0.4) is 0 Å². The van der Waals surface area contributed by atoms with Crippen LogP contribution in [0.15, 0.2) is 65.8 Å². The maximum Gasteiger partial charge on any atom is 0.417 e. The molecule has 0 fully saturated rings. The zero-order chi connectivity index (χ0) is 19.7. The molecule has 1 aromatic heterocycles. The molecule has 0 spiro atoms. The largest absolute Gasteiger partial charge is 0.417 e. The van der Waals surface area contributed by atoms with Crippen molar-refractivity contribution >= 4 is 15.7 Å². The fourth-order valence-corrected chi connectivity index (χ4v) is 3.28. The van der Waals surface area contributed by atoms with Crippen molar-refractivity contribution in [1.82, 2.24) is 9.78 Å². The molecule has 0 aliphatic carbocycles. The van der Waals surface area contributed by atoms with Crippen molar-refractivity contribution in [3.63, 3.8) is 0 Å². The van der Waals surface area contributed by atoms with E-state index in [0.717, 1.165) is 23.4 Å². The number of nitrogens with one attached hydrogen (secondary N) is 1. The summed E-state index contributed by atoms with van der Waals surface area (Å²) in [7, 11) is -4.49. The number of hydrogen-bond donors (Lipinski definition) is 2. The van der Waals surface area contributed by atoms with E-state index in [0.29, 0.717) is 0 Å². The molecule has 10 heteroatoms. The van der Waals surface area contributed by atoms with Crippen molar-refractivity contribution < 1.29 is 21.6 Å². The van der Waals surface area contributed by atoms with Crippen molar-refractivity contribution in [1.29, 1.82) is 0 Å². The number of nitrogens with two attached hydrogens (primary N) is 1. The van der Waals surface area contributed by atoms with Crippen molar-refractivity contribution in [2.75, 3.05) is 5.32 Å². The molecule has 0 radical (unpaired) electrons. The number of hydrogen-bond acceptors (Lipinski definition) is 4. The van der Waals surface area contributed by atoms with E-state index >= 15 is 0 Å². The number of nitrogens with zero attached hydrogens (tertiary/aromatic N) is 2. The SMILES string of the molecule is NS(=O)(=O)c1ccc(NCc2cccc(-n3cccn3)c2)cc1C(F)(F)F. The highest BCUT2D eigenvalue weighted by Gasteiger charge is 2.36. The summed E-state index contributed by atoms with van der Waals surface area (Å²) in [6.45, 7) is 0.237. The van der Waals surface area contributed by atoms with Crippen LogP contribution < -0.4 is 10.5 Å². The van der Waals surface area contributed by atoms with Crippen molar-refractivity contribution in [2.45, 2.75) is 17.6 Å². The molecular formula is C17H15F3N4O2S. The number of anilines is 1. The monoisotopic (exact) mass is 396 g/mol. The number of primary sulfonamides is 1. The second-order valence-electron chi connectivity index (χ2n) is 5.73. The molecule has 3 rings (SSSR count). The highest BCUT2D eigenvalue weighted by atomic mass is 32.2. The fraction of sp³-hybridized carbons (Fsp3) is 0.118. The van der Waals surface area contributed by atoms with Crippen LogP contribution in [0, 0.1) is 0 Å². The van der Waals surface area contributed by atoms with E-state index in [2.05, 4.69) is 10.4 Å². The van der Waals surface area contributed by atoms with Gasteiger partial charge in [-0.3, -0.25) is 0 Å². The summed E-state index contributed by atoms with van der Waals surface area (Å²) in [6, 6.07) is 11.9. The van der Waals surface area contributed by atoms with Crippen LogP contribution in [0.5, 0.6) is 0 Å². The van der Waals surface area contributed by atoms with Gasteiger partial charge in [-0.1, -0.05) is 12.1 Å². The average Bonchev–Trinajstić information content (AvgIpc) is 3.13. The second kappa shape index (κ2) is 7.05. The summed E-state index contributed by atoms with van der Waals surface area (Å²) in [5.41, 5.74) is 0.437. The van der Waals surface area contributed by atoms with Crippen LogP contribution in [0.4, 0.5) is 18.9 Å². The van der Waals surface area contributed by atoms with Gasteiger partial charge in [0.25, 0.3) is 0 Å². The first-order valence-corrected chi connectivity index (χ1v) is 9.26. The van der Waals surface area contributed by atoms with Crippen molar-refractivity contribution in [2.24, 2.45) is 5.14 Å². The molecular weight excluding hydrogens is 381 g/mol. The number of sulfonamides is 1. The van der Waals surface area contributed by atoms with Crippen molar-refractivity contribution in [3.05, 3.63) is 72.1 Å². The van der Waals surface area contributed by atoms with Gasteiger partial charge in [0.2, 0.25) is 10.0 Å². The minimum absolute atomic E-state index is 0.124. The van der Waals surface area contributed by atoms with E-state index in [1.54, 1.807) is 29.2 Å². The number of rotatable bonds is 5. The topological polar surface area (TPSA) is 90.0 Å². The number of aromatic nitrogens is 2. The molecule has 0 bridgehead atoms. The van der Waals surface area contributed by atoms with Gasteiger partial charge < -0.3 is 5.32 Å². The van der Waals surface area contributed by atoms with E-state index in [9.17, 15) is 21.6 Å². The smallest absolute Gasteiger partial charge is 0.381 e. The van der Waals surface area contributed by atoms with Gasteiger partial charge >= 0.3 is 6.18 Å². The lowest BCUT2D eigenvalue weighted by Gasteiger charge is -2.14. The highest BCUT2D eigenvalue weighted by Crippen LogP contribution is 2.35. The summed E-state index contributed by atoms with van der Waals surface area (Å²) in [4.78, 5) is -0.957. The maximum absolute atomic E-state index is 13.2. The third-order valence-electron chi connectivity index (χ3n) is 3.77. The Morgan fingerprint density at radius 1 is 1.11 bits per heavy atom. The minimum atomic E-state index is -4.85. The molecule has 0 unspecified atom stereocenters. The molecule has 27 heavy (non-hydrogen) atoms. The van der Waals surface area contributed by atoms with Crippen LogP contribution in [0.25, 0.3) is 5.69 Å². The van der Waals surface area contributed by atoms with Gasteiger partial charge in [-0.05, 0) is 42.0 Å². The average molecular weight is 396 g/mol. The second-order valence-corrected chi connectivity index (χ2v) is 7.26. The Balaban J connectivity index is 1.84. The Bertz CT molecular complexity index is 1050. The van der Waals surface area contributed by atoms with E-state index in [1.807, 2.05) is 18.2 Å². The van der Waals surface area contributed by atoms with Gasteiger partial charge in [-0.2, -0.15) is 18.3 Å². The molecule has 0 atom stereocenters. The van der Waals surface area contributed by atoms with Crippen LogP contribution in [-0.2, 0) is 22.7 Å². The Morgan fingerprint density at radius 3 is 2.52 bits per heavy atom. The van der Waals surface area contributed by atoms with Crippen LogP contribution in [0.1, 0.15) is 11.1 Å². The third kappa shape index (κ3) is 4.47. The summed E-state index contributed by atoms with van der Waals surface area (Å²) < 4.78 is 64.0. The first kappa shape index (κ1) is 18.9. The van der Waals surface area contributed by atoms with Crippen LogP contribution in [0.2, 0.25) is 0 Å². The third-order valence-corrected chi connectivity index (χ3v) is 4.74. The lowest BCUT2D eigenvalue weighted by molar-refractivity contribution is -0.139. The van der Waals surface area contributed by atoms with Crippen LogP contribution >= 0.6 is 0 Å². The predicted molar refractivity (Wildman–Crippen MR) is 93.7 cm³/mol. The minimum Gasteiger partial charge on any atom is -0.381 e. The zero-order valence-corrected chi connectivity index (χ0v) is 14.6. The van der Waals surface area contributed by atoms with Gasteiger partial charge in [-0.25, -0.2) is 18.2 Å². The molecule has 3 N–H and O–H groups in total. The number of halogens is 3. The van der Waals surface area contributed by atoms with Crippen LogP contribution in [-0.4, -0.2) is 18.2 Å². The Hall–Kier alpha value is -2.85. The predicted octanol–water partition coefficient (Wildman–Crippen LogP) is 3.15. The summed E-state index contributed by atoms with van der Waals surface area (Å²) in [5, 5.41) is 11.9. The summed E-state index contributed by atoms with van der Waals surface area (Å²) in [5.74, 6) is 0. The highest BCUT2D eigenvalue weighted by molar-refractivity contribution is 7.89. The Labute approximate surface area is 153 Å². The Kier molecular flexibility index (Phi) is 4.94. The van der Waals surface area contributed by atoms with E-state index in [4.69, 9.17) is 5.14 Å². The molecule has 0 saturated carbocycles. The summed E-state index contributed by atoms with van der Waals surface area (Å²) in [6.07, 6.45) is -1.44. The van der Waals surface area contributed by atoms with E-state index in [-0.39, 0.29) is 12.2 Å². The molecule has 3 aromatic rings. The molecule has 142 valence electrons. The first-order chi connectivity index (χ1) is 12.6. The van der Waals surface area contributed by atoms with Gasteiger partial charge in [0, 0.05) is 24.6 Å². The molecule has 1 heterocycles. The number of benzene rings is 2. The Morgan fingerprint density at radius 2 is 1.89 bits per heavy atom. The molecule has 2 aromatic carbocycles. The lowest BCUT2D eigenvalue weighted by Crippen LogP contribution is -2.19. The molecule has 0 aliphatic heterocycles. The van der Waals surface area contributed by atoms with Crippen molar-refractivity contribution in [3.8, 4) is 5.69 Å². The molecule has 0 saturated heterocycles. The van der Waals surface area contributed by atoms with E-state index in [1.165, 1.54) is 6.07 Å². The summed E-state index contributed by atoms with van der Waals surface area (Å²) >= 11 is 0. The maximum atomic E-state index is 13.2. The lowest BCUT2D eigenvalue weighted by atomic mass is 10.1. The van der Waals surface area contributed by atoms with E-state index < -0.39 is 26.7 Å². The van der Waals surface area contributed by atoms with Gasteiger partial charge in [0.15, 0.2) is 0 Å². The van der Waals surface area contributed by atoms with Gasteiger partial charge in [0.1, 0.15) is 0 Å². The first-order valence-electron chi connectivity index (χ1n) is 7.71. The zero-order valence-electron chi connectivity index (χ0n) is 13.8. The standard InChI is InChI=1S/C17H15F3N4O2S/c18-17(19,20)15-10-13(5-6-16(15)27(21,25)26)22-11-12-3-1-4-14(9-12)24-8-2-7-23-24/h1-10,22H,11H2,(H2,21,25,26). The molecule has 0 amide bonds. The fourth-order valence-electron chi connectivity index (χ4n) is 2.54. The molecule has 0 aliphatic rings. The van der Waals surface area contributed by atoms with Gasteiger partial charge in [0.05, 0.1) is 16.1 Å². The quantitative estimate of drug-likeness (QED) is 0.693. The number of alkyl halides is 3. The normalized spacial score (nSPS) is 12.1.